The number of benzene rings is 2. The zero-order valence-electron chi connectivity index (χ0n) is 13.4. The van der Waals surface area contributed by atoms with Crippen LogP contribution in [-0.2, 0) is 4.79 Å². The first kappa shape index (κ1) is 17.3. The molecule has 0 heterocycles. The van der Waals surface area contributed by atoms with E-state index in [9.17, 15) is 9.18 Å². The van der Waals surface area contributed by atoms with Crippen molar-refractivity contribution in [2.45, 2.75) is 32.7 Å². The molecule has 0 spiro atoms. The summed E-state index contributed by atoms with van der Waals surface area (Å²) in [5, 5.41) is 5.94. The third-order valence-corrected chi connectivity index (χ3v) is 3.78. The van der Waals surface area contributed by atoms with Gasteiger partial charge in [-0.15, -0.1) is 0 Å². The Morgan fingerprint density at radius 2 is 1.74 bits per heavy atom. The largest absolute Gasteiger partial charge is 0.374 e. The average molecular weight is 335 g/mol. The van der Waals surface area contributed by atoms with Crippen LogP contribution in [-0.4, -0.2) is 11.9 Å². The quantitative estimate of drug-likeness (QED) is 0.804. The molecule has 2 aromatic carbocycles. The molecular weight excluding hydrogens is 315 g/mol. The highest BCUT2D eigenvalue weighted by molar-refractivity contribution is 6.30. The second-order valence-electron chi connectivity index (χ2n) is 5.76. The summed E-state index contributed by atoms with van der Waals surface area (Å²) < 4.78 is 13.7. The Balaban J connectivity index is 1.99. The molecule has 1 amide bonds. The molecule has 0 aliphatic heterocycles. The average Bonchev–Trinajstić information content (AvgIpc) is 2.50. The molecule has 0 aromatic heterocycles. The molecule has 0 radical (unpaired) electrons. The maximum atomic E-state index is 13.7. The highest BCUT2D eigenvalue weighted by Gasteiger charge is 2.15. The lowest BCUT2D eigenvalue weighted by Gasteiger charge is -2.16. The van der Waals surface area contributed by atoms with Gasteiger partial charge in [0.15, 0.2) is 0 Å². The zero-order valence-corrected chi connectivity index (χ0v) is 14.1. The Kier molecular flexibility index (Phi) is 5.61. The number of nitrogens with one attached hydrogen (secondary N) is 2. The number of carbonyl (C=O) groups is 1. The summed E-state index contributed by atoms with van der Waals surface area (Å²) in [4.78, 5) is 12.2. The van der Waals surface area contributed by atoms with Crippen LogP contribution < -0.4 is 10.6 Å². The summed E-state index contributed by atoms with van der Waals surface area (Å²) in [5.41, 5.74) is 2.19. The van der Waals surface area contributed by atoms with Crippen LogP contribution in [0.4, 0.5) is 15.8 Å². The van der Waals surface area contributed by atoms with Gasteiger partial charge in [-0.05, 0) is 48.7 Å². The molecule has 0 saturated carbocycles. The van der Waals surface area contributed by atoms with Crippen molar-refractivity contribution < 1.29 is 9.18 Å². The molecule has 2 rings (SSSR count). The fourth-order valence-electron chi connectivity index (χ4n) is 2.11. The molecule has 3 nitrogen and oxygen atoms in total. The van der Waals surface area contributed by atoms with Gasteiger partial charge in [0.25, 0.3) is 0 Å². The van der Waals surface area contributed by atoms with E-state index in [1.54, 1.807) is 6.92 Å². The lowest BCUT2D eigenvalue weighted by Crippen LogP contribution is -2.32. The molecule has 122 valence electrons. The Morgan fingerprint density at radius 1 is 1.09 bits per heavy atom. The van der Waals surface area contributed by atoms with Crippen LogP contribution in [0.3, 0.4) is 0 Å². The van der Waals surface area contributed by atoms with Gasteiger partial charge in [0.05, 0.1) is 5.69 Å². The van der Waals surface area contributed by atoms with Gasteiger partial charge < -0.3 is 10.6 Å². The van der Waals surface area contributed by atoms with E-state index >= 15 is 0 Å². The molecule has 5 heteroatoms. The van der Waals surface area contributed by atoms with E-state index in [1.807, 2.05) is 24.3 Å². The highest BCUT2D eigenvalue weighted by Crippen LogP contribution is 2.20. The van der Waals surface area contributed by atoms with Gasteiger partial charge in [-0.2, -0.15) is 0 Å². The summed E-state index contributed by atoms with van der Waals surface area (Å²) in [6.07, 6.45) is 0. The van der Waals surface area contributed by atoms with E-state index < -0.39 is 11.9 Å². The van der Waals surface area contributed by atoms with Gasteiger partial charge in [-0.3, -0.25) is 4.79 Å². The van der Waals surface area contributed by atoms with Crippen LogP contribution >= 0.6 is 11.6 Å². The molecule has 23 heavy (non-hydrogen) atoms. The van der Waals surface area contributed by atoms with Gasteiger partial charge in [0, 0.05) is 10.7 Å². The second kappa shape index (κ2) is 7.47. The number of hydrogen-bond donors (Lipinski definition) is 2. The Morgan fingerprint density at radius 3 is 2.30 bits per heavy atom. The molecule has 1 unspecified atom stereocenters. The number of amides is 1. The predicted octanol–water partition coefficient (Wildman–Crippen LogP) is 5.04. The number of anilines is 2. The van der Waals surface area contributed by atoms with Crippen LogP contribution in [0.2, 0.25) is 5.02 Å². The molecule has 0 aliphatic rings. The third-order valence-electron chi connectivity index (χ3n) is 3.54. The standard InChI is InChI=1S/C18H20ClFN2O/c1-11(2)13-4-7-15(8-5-13)21-12(3)18(23)22-17-9-6-14(19)10-16(17)20/h4-12,21H,1-3H3,(H,22,23). The second-order valence-corrected chi connectivity index (χ2v) is 6.19. The van der Waals surface area contributed by atoms with E-state index in [-0.39, 0.29) is 16.6 Å². The monoisotopic (exact) mass is 334 g/mol. The molecule has 2 N–H and O–H groups in total. The van der Waals surface area contributed by atoms with Crippen molar-refractivity contribution >= 4 is 28.9 Å². The Bertz CT molecular complexity index is 686. The van der Waals surface area contributed by atoms with Gasteiger partial charge in [0.2, 0.25) is 5.91 Å². The lowest BCUT2D eigenvalue weighted by atomic mass is 10.0. The topological polar surface area (TPSA) is 41.1 Å². The van der Waals surface area contributed by atoms with Crippen LogP contribution in [0.1, 0.15) is 32.3 Å². The minimum Gasteiger partial charge on any atom is -0.374 e. The van der Waals surface area contributed by atoms with Crippen molar-refractivity contribution in [2.24, 2.45) is 0 Å². The minimum absolute atomic E-state index is 0.114. The van der Waals surface area contributed by atoms with E-state index in [0.717, 1.165) is 5.69 Å². The Hall–Kier alpha value is -2.07. The maximum Gasteiger partial charge on any atom is 0.246 e. The van der Waals surface area contributed by atoms with Crippen molar-refractivity contribution in [3.63, 3.8) is 0 Å². The summed E-state index contributed by atoms with van der Waals surface area (Å²) in [7, 11) is 0. The molecule has 0 fully saturated rings. The first-order valence-corrected chi connectivity index (χ1v) is 7.87. The van der Waals surface area contributed by atoms with Gasteiger partial charge in [0.1, 0.15) is 11.9 Å². The number of halogens is 2. The van der Waals surface area contributed by atoms with Gasteiger partial charge in [-0.1, -0.05) is 37.6 Å². The first-order chi connectivity index (χ1) is 10.9. The van der Waals surface area contributed by atoms with Crippen molar-refractivity contribution in [2.75, 3.05) is 10.6 Å². The van der Waals surface area contributed by atoms with Crippen LogP contribution in [0.15, 0.2) is 42.5 Å². The van der Waals surface area contributed by atoms with Crippen molar-refractivity contribution in [1.82, 2.24) is 0 Å². The highest BCUT2D eigenvalue weighted by atomic mass is 35.5. The molecule has 0 bridgehead atoms. The van der Waals surface area contributed by atoms with Crippen molar-refractivity contribution in [3.8, 4) is 0 Å². The molecule has 0 saturated heterocycles. The molecule has 1 atom stereocenters. The first-order valence-electron chi connectivity index (χ1n) is 7.49. The lowest BCUT2D eigenvalue weighted by molar-refractivity contribution is -0.116. The summed E-state index contributed by atoms with van der Waals surface area (Å²) in [5.74, 6) is -0.420. The molecule has 2 aromatic rings. The number of carbonyl (C=O) groups excluding carboxylic acids is 1. The fraction of sp³-hybridized carbons (Fsp3) is 0.278. The van der Waals surface area contributed by atoms with Crippen molar-refractivity contribution in [3.05, 3.63) is 58.9 Å². The van der Waals surface area contributed by atoms with E-state index in [1.165, 1.54) is 23.8 Å². The van der Waals surface area contributed by atoms with E-state index in [4.69, 9.17) is 11.6 Å². The molecule has 0 aliphatic carbocycles. The zero-order chi connectivity index (χ0) is 17.0. The summed E-state index contributed by atoms with van der Waals surface area (Å²) >= 11 is 5.69. The Labute approximate surface area is 140 Å². The van der Waals surface area contributed by atoms with E-state index in [2.05, 4.69) is 24.5 Å². The number of hydrogen-bond acceptors (Lipinski definition) is 2. The smallest absolute Gasteiger partial charge is 0.246 e. The summed E-state index contributed by atoms with van der Waals surface area (Å²) in [6.45, 7) is 5.97. The van der Waals surface area contributed by atoms with Crippen LogP contribution in [0.25, 0.3) is 0 Å². The van der Waals surface area contributed by atoms with Gasteiger partial charge in [-0.25, -0.2) is 4.39 Å². The fourth-order valence-corrected chi connectivity index (χ4v) is 2.27. The van der Waals surface area contributed by atoms with Crippen molar-refractivity contribution in [1.29, 1.82) is 0 Å². The van der Waals surface area contributed by atoms with E-state index in [0.29, 0.717) is 5.92 Å². The molecular formula is C18H20ClFN2O. The summed E-state index contributed by atoms with van der Waals surface area (Å²) in [6, 6.07) is 11.6. The predicted molar refractivity (Wildman–Crippen MR) is 93.7 cm³/mol. The normalized spacial score (nSPS) is 12.1. The van der Waals surface area contributed by atoms with Gasteiger partial charge >= 0.3 is 0 Å². The van der Waals surface area contributed by atoms with Crippen LogP contribution in [0.5, 0.6) is 0 Å². The SMILES string of the molecule is CC(Nc1ccc(C(C)C)cc1)C(=O)Nc1ccc(Cl)cc1F. The minimum atomic E-state index is -0.556. The third kappa shape index (κ3) is 4.70. The van der Waals surface area contributed by atoms with Crippen LogP contribution in [0, 0.1) is 5.82 Å². The number of rotatable bonds is 5. The maximum absolute atomic E-state index is 13.7.